The van der Waals surface area contributed by atoms with Crippen LogP contribution in [0.3, 0.4) is 0 Å². The Morgan fingerprint density at radius 2 is 1.49 bits per heavy atom. The molecule has 3 aromatic carbocycles. The number of halogens is 3. The van der Waals surface area contributed by atoms with Gasteiger partial charge in [-0.25, -0.2) is 4.79 Å². The van der Waals surface area contributed by atoms with Crippen molar-refractivity contribution in [1.29, 1.82) is 0 Å². The average molecular weight is 514 g/mol. The number of rotatable bonds is 9. The summed E-state index contributed by atoms with van der Waals surface area (Å²) in [5.41, 5.74) is 1.97. The molecule has 0 aliphatic rings. The number of hydrogen-bond acceptors (Lipinski definition) is 4. The first-order chi connectivity index (χ1) is 17.4. The highest BCUT2D eigenvalue weighted by Crippen LogP contribution is 2.31. The van der Waals surface area contributed by atoms with Gasteiger partial charge in [0.1, 0.15) is 5.75 Å². The van der Waals surface area contributed by atoms with Crippen LogP contribution in [0, 0.1) is 6.92 Å². The first kappa shape index (κ1) is 27.8. The summed E-state index contributed by atoms with van der Waals surface area (Å²) in [6.07, 6.45) is -3.60. The molecule has 0 aliphatic heterocycles. The number of amides is 1. The molecule has 0 aromatic heterocycles. The highest BCUT2D eigenvalue weighted by molar-refractivity contribution is 5.91. The van der Waals surface area contributed by atoms with E-state index < -0.39 is 23.3 Å². The summed E-state index contributed by atoms with van der Waals surface area (Å²) in [7, 11) is 0. The van der Waals surface area contributed by atoms with Gasteiger partial charge in [0, 0.05) is 12.1 Å². The minimum atomic E-state index is -4.37. The van der Waals surface area contributed by atoms with E-state index in [2.05, 4.69) is 5.32 Å². The second kappa shape index (κ2) is 11.5. The number of hydrogen-bond donors (Lipinski definition) is 1. The fourth-order valence-electron chi connectivity index (χ4n) is 3.68. The largest absolute Gasteiger partial charge is 0.476 e. The molecule has 0 spiro atoms. The van der Waals surface area contributed by atoms with Gasteiger partial charge >= 0.3 is 12.1 Å². The summed E-state index contributed by atoms with van der Waals surface area (Å²) in [4.78, 5) is 24.5. The van der Waals surface area contributed by atoms with Crippen LogP contribution >= 0.6 is 0 Å². The minimum absolute atomic E-state index is 0.163. The zero-order valence-corrected chi connectivity index (χ0v) is 21.2. The average Bonchev–Trinajstić information content (AvgIpc) is 2.84. The molecule has 0 aliphatic carbocycles. The number of nitrogens with one attached hydrogen (secondary N) is 1. The molecule has 1 amide bonds. The Kier molecular flexibility index (Phi) is 8.63. The molecular formula is C29H30F3NO4. The van der Waals surface area contributed by atoms with Gasteiger partial charge in [0.15, 0.2) is 5.60 Å². The Morgan fingerprint density at radius 1 is 0.892 bits per heavy atom. The van der Waals surface area contributed by atoms with Crippen LogP contribution in [0.25, 0.3) is 11.1 Å². The molecule has 0 saturated carbocycles. The summed E-state index contributed by atoms with van der Waals surface area (Å²) < 4.78 is 49.2. The summed E-state index contributed by atoms with van der Waals surface area (Å²) >= 11 is 0. The van der Waals surface area contributed by atoms with Gasteiger partial charge in [-0.1, -0.05) is 36.4 Å². The fourth-order valence-corrected chi connectivity index (χ4v) is 3.68. The third-order valence-electron chi connectivity index (χ3n) is 5.73. The zero-order valence-electron chi connectivity index (χ0n) is 21.2. The highest BCUT2D eigenvalue weighted by Gasteiger charge is 2.32. The number of anilines is 1. The molecule has 5 nitrogen and oxygen atoms in total. The quantitative estimate of drug-likeness (QED) is 0.314. The molecule has 37 heavy (non-hydrogen) atoms. The molecule has 0 saturated heterocycles. The number of carbonyl (C=O) groups excluding carboxylic acids is 2. The van der Waals surface area contributed by atoms with Crippen LogP contribution in [0.15, 0.2) is 66.7 Å². The van der Waals surface area contributed by atoms with E-state index in [4.69, 9.17) is 9.47 Å². The van der Waals surface area contributed by atoms with Crippen LogP contribution in [0.1, 0.15) is 43.9 Å². The molecule has 3 rings (SSSR count). The van der Waals surface area contributed by atoms with Gasteiger partial charge in [-0.05, 0) is 86.7 Å². The lowest BCUT2D eigenvalue weighted by molar-refractivity contribution is -0.158. The summed E-state index contributed by atoms with van der Waals surface area (Å²) in [5, 5.41) is 2.84. The van der Waals surface area contributed by atoms with Gasteiger partial charge in [-0.15, -0.1) is 0 Å². The lowest BCUT2D eigenvalue weighted by Gasteiger charge is -2.25. The molecule has 1 N–H and O–H groups in total. The molecule has 0 atom stereocenters. The van der Waals surface area contributed by atoms with Crippen LogP contribution in [0.5, 0.6) is 5.75 Å². The van der Waals surface area contributed by atoms with Crippen LogP contribution < -0.4 is 10.1 Å². The first-order valence-electron chi connectivity index (χ1n) is 11.9. The van der Waals surface area contributed by atoms with E-state index in [1.165, 1.54) is 12.1 Å². The van der Waals surface area contributed by atoms with Gasteiger partial charge < -0.3 is 14.8 Å². The van der Waals surface area contributed by atoms with Crippen molar-refractivity contribution in [3.8, 4) is 16.9 Å². The Hall–Kier alpha value is -3.81. The molecule has 3 aromatic rings. The van der Waals surface area contributed by atoms with Crippen molar-refractivity contribution in [2.45, 2.75) is 52.3 Å². The molecule has 0 fully saturated rings. The van der Waals surface area contributed by atoms with E-state index >= 15 is 0 Å². The third kappa shape index (κ3) is 7.59. The molecule has 8 heteroatoms. The molecule has 0 bridgehead atoms. The Labute approximate surface area is 214 Å². The third-order valence-corrected chi connectivity index (χ3v) is 5.73. The van der Waals surface area contributed by atoms with Gasteiger partial charge in [0.05, 0.1) is 12.2 Å². The zero-order chi connectivity index (χ0) is 27.2. The van der Waals surface area contributed by atoms with Crippen LogP contribution in [-0.2, 0) is 26.9 Å². The standard InChI is InChI=1S/C29H30F3NO4/c1-5-36-27(35)28(3,4)37-25-16-6-20(18-19(25)2)7-17-26(34)33-24-14-10-22(11-15-24)21-8-12-23(13-9-21)29(30,31)32/h6,8-16,18H,5,7,17H2,1-4H3,(H,33,34). The molecule has 0 unspecified atom stereocenters. The van der Waals surface area contributed by atoms with Gasteiger partial charge in [0.25, 0.3) is 0 Å². The van der Waals surface area contributed by atoms with Gasteiger partial charge in [0.2, 0.25) is 5.91 Å². The van der Waals surface area contributed by atoms with E-state index in [9.17, 15) is 22.8 Å². The second-order valence-electron chi connectivity index (χ2n) is 9.13. The number of ether oxygens (including phenoxy) is 2. The normalized spacial score (nSPS) is 11.6. The van der Waals surface area contributed by atoms with E-state index in [1.54, 1.807) is 51.1 Å². The summed E-state index contributed by atoms with van der Waals surface area (Å²) in [6.45, 7) is 7.19. The van der Waals surface area contributed by atoms with E-state index in [0.717, 1.165) is 28.8 Å². The minimum Gasteiger partial charge on any atom is -0.476 e. The molecule has 196 valence electrons. The number of esters is 1. The summed E-state index contributed by atoms with van der Waals surface area (Å²) in [5.74, 6) is -0.0364. The van der Waals surface area contributed by atoms with Crippen LogP contribution in [-0.4, -0.2) is 24.1 Å². The van der Waals surface area contributed by atoms with Crippen molar-refractivity contribution in [1.82, 2.24) is 0 Å². The number of benzene rings is 3. The van der Waals surface area contributed by atoms with Gasteiger partial charge in [-0.2, -0.15) is 13.2 Å². The Balaban J connectivity index is 1.54. The maximum absolute atomic E-state index is 12.8. The second-order valence-corrected chi connectivity index (χ2v) is 9.13. The van der Waals surface area contributed by atoms with Crippen LogP contribution in [0.4, 0.5) is 18.9 Å². The predicted octanol–water partition coefficient (Wildman–Crippen LogP) is 6.97. The maximum Gasteiger partial charge on any atom is 0.416 e. The van der Waals surface area contributed by atoms with Gasteiger partial charge in [-0.3, -0.25) is 4.79 Å². The number of carbonyl (C=O) groups is 2. The van der Waals surface area contributed by atoms with Crippen molar-refractivity contribution in [3.05, 3.63) is 83.4 Å². The monoisotopic (exact) mass is 513 g/mol. The number of aryl methyl sites for hydroxylation is 2. The SMILES string of the molecule is CCOC(=O)C(C)(C)Oc1ccc(CCC(=O)Nc2ccc(-c3ccc(C(F)(F)F)cc3)cc2)cc1C. The lowest BCUT2D eigenvalue weighted by atomic mass is 10.0. The first-order valence-corrected chi connectivity index (χ1v) is 11.9. The Bertz CT molecular complexity index is 1230. The van der Waals surface area contributed by atoms with Crippen molar-refractivity contribution >= 4 is 17.6 Å². The lowest BCUT2D eigenvalue weighted by Crippen LogP contribution is -2.39. The predicted molar refractivity (Wildman–Crippen MR) is 136 cm³/mol. The topological polar surface area (TPSA) is 64.6 Å². The number of alkyl halides is 3. The molecular weight excluding hydrogens is 483 g/mol. The maximum atomic E-state index is 12.8. The molecule has 0 radical (unpaired) electrons. The van der Waals surface area contributed by atoms with Crippen molar-refractivity contribution in [3.63, 3.8) is 0 Å². The summed E-state index contributed by atoms with van der Waals surface area (Å²) in [6, 6.07) is 17.4. The van der Waals surface area contributed by atoms with Crippen LogP contribution in [0.2, 0.25) is 0 Å². The fraction of sp³-hybridized carbons (Fsp3) is 0.310. The van der Waals surface area contributed by atoms with Crippen molar-refractivity contribution in [2.75, 3.05) is 11.9 Å². The van der Waals surface area contributed by atoms with E-state index in [0.29, 0.717) is 23.4 Å². The van der Waals surface area contributed by atoms with E-state index in [-0.39, 0.29) is 18.9 Å². The van der Waals surface area contributed by atoms with E-state index in [1.807, 2.05) is 19.1 Å². The van der Waals surface area contributed by atoms with Crippen molar-refractivity contribution < 1.29 is 32.2 Å². The molecule has 0 heterocycles. The Morgan fingerprint density at radius 3 is 2.03 bits per heavy atom. The smallest absolute Gasteiger partial charge is 0.416 e. The highest BCUT2D eigenvalue weighted by atomic mass is 19.4. The van der Waals surface area contributed by atoms with Crippen molar-refractivity contribution in [2.24, 2.45) is 0 Å².